The van der Waals surface area contributed by atoms with Crippen LogP contribution in [0.15, 0.2) is 60.7 Å². The highest BCUT2D eigenvalue weighted by molar-refractivity contribution is 6.10. The van der Waals surface area contributed by atoms with Crippen molar-refractivity contribution in [2.24, 2.45) is 0 Å². The summed E-state index contributed by atoms with van der Waals surface area (Å²) in [5, 5.41) is 19.0. The van der Waals surface area contributed by atoms with Gasteiger partial charge in [0.1, 0.15) is 5.75 Å². The van der Waals surface area contributed by atoms with Crippen molar-refractivity contribution in [3.8, 4) is 5.75 Å². The zero-order chi connectivity index (χ0) is 32.5. The first-order valence-electron chi connectivity index (χ1n) is 14.9. The molecule has 4 aromatic rings. The Bertz CT molecular complexity index is 1780. The monoisotopic (exact) mass is 634 g/mol. The second kappa shape index (κ2) is 12.6. The highest BCUT2D eigenvalue weighted by Crippen LogP contribution is 2.65. The summed E-state index contributed by atoms with van der Waals surface area (Å²) in [5.41, 5.74) is 6.93. The van der Waals surface area contributed by atoms with E-state index in [1.54, 1.807) is 7.11 Å². The van der Waals surface area contributed by atoms with Crippen molar-refractivity contribution < 1.29 is 37.3 Å². The number of H-pyrrole nitrogens is 1. The third-order valence-corrected chi connectivity index (χ3v) is 8.72. The van der Waals surface area contributed by atoms with Crippen molar-refractivity contribution in [3.63, 3.8) is 0 Å². The van der Waals surface area contributed by atoms with E-state index in [1.807, 2.05) is 18.2 Å². The molecule has 1 amide bonds. The molecule has 1 spiro atoms. The van der Waals surface area contributed by atoms with Gasteiger partial charge in [-0.3, -0.25) is 14.8 Å². The number of hydrogen-bond acceptors (Lipinski definition) is 6. The van der Waals surface area contributed by atoms with Crippen molar-refractivity contribution in [2.45, 2.75) is 36.9 Å². The maximum atomic E-state index is 13.0. The van der Waals surface area contributed by atoms with Crippen molar-refractivity contribution in [1.82, 2.24) is 15.1 Å². The lowest BCUT2D eigenvalue weighted by Crippen LogP contribution is -2.25. The zero-order valence-corrected chi connectivity index (χ0v) is 25.1. The second-order valence-corrected chi connectivity index (χ2v) is 11.6. The molecule has 1 aromatic heterocycles. The van der Waals surface area contributed by atoms with Crippen LogP contribution in [0.5, 0.6) is 5.75 Å². The number of methoxy groups -OCH3 is 1. The SMILES string of the molecule is COc1ccc2c(c1)C1(C[C@H]1c1ccc3c(/C=C/c4ccc(CN5CCCOCC5)cc4)n[nH]c3c1)C(=O)N2.O=C(O)C(F)(F)F. The lowest BCUT2D eigenvalue weighted by Gasteiger charge is -2.19. The molecular formula is C34H33F3N4O5. The number of hydrogen-bond donors (Lipinski definition) is 3. The minimum Gasteiger partial charge on any atom is -0.497 e. The first-order chi connectivity index (χ1) is 22.1. The van der Waals surface area contributed by atoms with E-state index in [2.05, 4.69) is 75.0 Å². The van der Waals surface area contributed by atoms with Gasteiger partial charge in [0.25, 0.3) is 0 Å². The number of nitrogens with one attached hydrogen (secondary N) is 2. The molecule has 46 heavy (non-hydrogen) atoms. The fraction of sp³-hybridized carbons (Fsp3) is 0.324. The second-order valence-electron chi connectivity index (χ2n) is 11.6. The molecule has 3 heterocycles. The van der Waals surface area contributed by atoms with Crippen molar-refractivity contribution in [3.05, 3.63) is 88.6 Å². The number of aliphatic carboxylic acids is 1. The minimum atomic E-state index is -5.08. The molecule has 2 fully saturated rings. The number of carbonyl (C=O) groups is 2. The number of aromatic amines is 1. The van der Waals surface area contributed by atoms with Crippen LogP contribution in [0.25, 0.3) is 23.1 Å². The lowest BCUT2D eigenvalue weighted by atomic mass is 9.91. The van der Waals surface area contributed by atoms with Crippen LogP contribution in [0.4, 0.5) is 18.9 Å². The van der Waals surface area contributed by atoms with Crippen LogP contribution < -0.4 is 10.1 Å². The molecule has 3 aromatic carbocycles. The number of aromatic nitrogens is 2. The molecule has 1 aliphatic carbocycles. The average Bonchev–Trinajstić information content (AvgIpc) is 3.67. The normalized spacial score (nSPS) is 21.0. The molecule has 12 heteroatoms. The Morgan fingerprint density at radius 3 is 2.63 bits per heavy atom. The molecule has 2 atom stereocenters. The molecule has 3 aliphatic rings. The maximum Gasteiger partial charge on any atom is 0.490 e. The number of benzene rings is 3. The van der Waals surface area contributed by atoms with Gasteiger partial charge in [-0.25, -0.2) is 4.79 Å². The van der Waals surface area contributed by atoms with Crippen LogP contribution in [-0.4, -0.2) is 71.7 Å². The van der Waals surface area contributed by atoms with E-state index in [1.165, 1.54) is 5.56 Å². The number of halogens is 3. The van der Waals surface area contributed by atoms with Gasteiger partial charge in [-0.1, -0.05) is 42.5 Å². The summed E-state index contributed by atoms with van der Waals surface area (Å²) in [6.07, 6.45) is 0.980. The van der Waals surface area contributed by atoms with Crippen molar-refractivity contribution in [2.75, 3.05) is 38.7 Å². The molecule has 1 saturated heterocycles. The van der Waals surface area contributed by atoms with Gasteiger partial charge in [0.05, 0.1) is 30.3 Å². The average molecular weight is 635 g/mol. The molecule has 9 nitrogen and oxygen atoms in total. The standard InChI is InChI=1S/C32H32N4O3.C2HF3O2/c1-38-24-9-12-29-26(18-24)32(31(37)33-29)19-27(32)23-8-10-25-28(34-35-30(25)17-23)11-7-21-3-5-22(6-4-21)20-36-13-2-15-39-16-14-36;3-2(4,5)1(6)7/h3-12,17-18,27H,2,13-16,19-20H2,1H3,(H,33,37)(H,34,35);(H,6,7)/b11-7+;/t27-,32?;/m0./s1. The van der Waals surface area contributed by atoms with Gasteiger partial charge in [-0.05, 0) is 65.4 Å². The minimum absolute atomic E-state index is 0.0792. The molecule has 7 rings (SSSR count). The molecule has 3 N–H and O–H groups in total. The third kappa shape index (κ3) is 6.35. The molecular weight excluding hydrogens is 601 g/mol. The zero-order valence-electron chi connectivity index (χ0n) is 25.1. The Hall–Kier alpha value is -4.68. The number of rotatable bonds is 6. The quantitative estimate of drug-likeness (QED) is 0.239. The highest BCUT2D eigenvalue weighted by atomic mass is 19.4. The number of anilines is 1. The van der Waals surface area contributed by atoms with Crippen LogP contribution in [0, 0.1) is 0 Å². The topological polar surface area (TPSA) is 117 Å². The van der Waals surface area contributed by atoms with Crippen molar-refractivity contribution >= 4 is 40.6 Å². The predicted molar refractivity (Wildman–Crippen MR) is 167 cm³/mol. The van der Waals surface area contributed by atoms with Gasteiger partial charge in [0.2, 0.25) is 5.91 Å². The number of alkyl halides is 3. The largest absolute Gasteiger partial charge is 0.497 e. The summed E-state index contributed by atoms with van der Waals surface area (Å²) in [7, 11) is 1.66. The number of nitrogens with zero attached hydrogens (tertiary/aromatic N) is 2. The van der Waals surface area contributed by atoms with E-state index in [9.17, 15) is 18.0 Å². The Morgan fingerprint density at radius 1 is 1.11 bits per heavy atom. The van der Waals surface area contributed by atoms with Crippen LogP contribution in [-0.2, 0) is 26.3 Å². The number of carboxylic acids is 1. The van der Waals surface area contributed by atoms with E-state index < -0.39 is 17.6 Å². The molecule has 2 aliphatic heterocycles. The first kappa shape index (κ1) is 31.3. The smallest absolute Gasteiger partial charge is 0.490 e. The van der Waals surface area contributed by atoms with E-state index in [0.717, 1.165) is 90.4 Å². The molecule has 1 saturated carbocycles. The summed E-state index contributed by atoms with van der Waals surface area (Å²) >= 11 is 0. The highest BCUT2D eigenvalue weighted by Gasteiger charge is 2.65. The summed E-state index contributed by atoms with van der Waals surface area (Å²) in [4.78, 5) is 24.4. The Labute approximate surface area is 263 Å². The van der Waals surface area contributed by atoms with Gasteiger partial charge >= 0.3 is 12.1 Å². The lowest BCUT2D eigenvalue weighted by molar-refractivity contribution is -0.192. The summed E-state index contributed by atoms with van der Waals surface area (Å²) < 4.78 is 42.7. The summed E-state index contributed by atoms with van der Waals surface area (Å²) in [5.74, 6) is -1.76. The molecule has 1 unspecified atom stereocenters. The fourth-order valence-electron chi connectivity index (χ4n) is 6.22. The summed E-state index contributed by atoms with van der Waals surface area (Å²) in [6.45, 7) is 4.73. The van der Waals surface area contributed by atoms with E-state index >= 15 is 0 Å². The molecule has 0 radical (unpaired) electrons. The Balaban J connectivity index is 0.000000480. The Kier molecular flexibility index (Phi) is 8.58. The van der Waals surface area contributed by atoms with Gasteiger partial charge in [-0.2, -0.15) is 18.3 Å². The van der Waals surface area contributed by atoms with E-state index in [0.29, 0.717) is 0 Å². The van der Waals surface area contributed by atoms with Crippen LogP contribution in [0.3, 0.4) is 0 Å². The van der Waals surface area contributed by atoms with Crippen molar-refractivity contribution in [1.29, 1.82) is 0 Å². The number of ether oxygens (including phenoxy) is 2. The molecule has 240 valence electrons. The number of fused-ring (bicyclic) bond motifs is 3. The van der Waals surface area contributed by atoms with Gasteiger partial charge in [0, 0.05) is 43.2 Å². The Morgan fingerprint density at radius 2 is 1.89 bits per heavy atom. The van der Waals surface area contributed by atoms with Gasteiger partial charge < -0.3 is 19.9 Å². The van der Waals surface area contributed by atoms with Crippen LogP contribution in [0.1, 0.15) is 46.7 Å². The number of carboxylic acid groups (broad SMARTS) is 1. The van der Waals surface area contributed by atoms with Crippen LogP contribution >= 0.6 is 0 Å². The van der Waals surface area contributed by atoms with Gasteiger partial charge in [0.15, 0.2) is 0 Å². The first-order valence-corrected chi connectivity index (χ1v) is 14.9. The number of carbonyl (C=O) groups excluding carboxylic acids is 1. The van der Waals surface area contributed by atoms with E-state index in [4.69, 9.17) is 19.4 Å². The predicted octanol–water partition coefficient (Wildman–Crippen LogP) is 5.97. The van der Waals surface area contributed by atoms with Crippen LogP contribution in [0.2, 0.25) is 0 Å². The summed E-state index contributed by atoms with van der Waals surface area (Å²) in [6, 6.07) is 21.0. The fourth-order valence-corrected chi connectivity index (χ4v) is 6.22. The number of amides is 1. The van der Waals surface area contributed by atoms with Gasteiger partial charge in [-0.15, -0.1) is 0 Å². The molecule has 0 bridgehead atoms. The maximum absolute atomic E-state index is 13.0. The van der Waals surface area contributed by atoms with E-state index in [-0.39, 0.29) is 11.8 Å². The third-order valence-electron chi connectivity index (χ3n) is 8.72.